The van der Waals surface area contributed by atoms with Crippen molar-refractivity contribution >= 4 is 21.6 Å². The second-order valence-electron chi connectivity index (χ2n) is 8.85. The van der Waals surface area contributed by atoms with Crippen LogP contribution in [0.4, 0.5) is 5.69 Å². The number of methoxy groups -OCH3 is 1. The number of carbonyl (C=O) groups is 1. The minimum absolute atomic E-state index is 0.174. The van der Waals surface area contributed by atoms with Crippen LogP contribution in [0.15, 0.2) is 47.4 Å². The Kier molecular flexibility index (Phi) is 7.24. The number of piperazine rings is 1. The van der Waals surface area contributed by atoms with Gasteiger partial charge in [0, 0.05) is 37.8 Å². The Morgan fingerprint density at radius 2 is 1.70 bits per heavy atom. The molecule has 1 heterocycles. The van der Waals surface area contributed by atoms with Crippen LogP contribution in [0, 0.1) is 6.92 Å². The summed E-state index contributed by atoms with van der Waals surface area (Å²) in [6.07, 6.45) is 5.43. The summed E-state index contributed by atoms with van der Waals surface area (Å²) >= 11 is 0. The lowest BCUT2D eigenvalue weighted by Crippen LogP contribution is -2.48. The summed E-state index contributed by atoms with van der Waals surface area (Å²) in [6, 6.07) is 12.8. The van der Waals surface area contributed by atoms with Crippen molar-refractivity contribution in [3.05, 3.63) is 53.6 Å². The second kappa shape index (κ2) is 10.1. The number of aryl methyl sites for hydroxylation is 1. The van der Waals surface area contributed by atoms with Gasteiger partial charge in [-0.15, -0.1) is 0 Å². The molecule has 0 aromatic heterocycles. The van der Waals surface area contributed by atoms with Gasteiger partial charge in [-0.05, 0) is 49.6 Å². The van der Waals surface area contributed by atoms with Crippen LogP contribution in [0.5, 0.6) is 5.75 Å². The van der Waals surface area contributed by atoms with E-state index in [1.54, 1.807) is 19.2 Å². The molecular formula is C25H33N3O4S. The fourth-order valence-electron chi connectivity index (χ4n) is 4.73. The fraction of sp³-hybridized carbons (Fsp3) is 0.480. The predicted molar refractivity (Wildman–Crippen MR) is 129 cm³/mol. The van der Waals surface area contributed by atoms with E-state index in [2.05, 4.69) is 10.2 Å². The monoisotopic (exact) mass is 471 g/mol. The molecule has 0 bridgehead atoms. The van der Waals surface area contributed by atoms with E-state index in [-0.39, 0.29) is 16.8 Å². The van der Waals surface area contributed by atoms with Crippen molar-refractivity contribution in [2.45, 2.75) is 50.0 Å². The first-order valence-corrected chi connectivity index (χ1v) is 13.1. The Hall–Kier alpha value is -2.58. The number of hydrogen-bond donors (Lipinski definition) is 1. The van der Waals surface area contributed by atoms with Crippen LogP contribution < -0.4 is 15.0 Å². The van der Waals surface area contributed by atoms with Crippen LogP contribution in [0.2, 0.25) is 0 Å². The van der Waals surface area contributed by atoms with E-state index in [9.17, 15) is 13.2 Å². The first-order chi connectivity index (χ1) is 15.9. The SMILES string of the molecule is COc1ccccc1N1CCN(S(=O)(=O)c2ccc(C)c(C(=O)NC3CCCCC3)c2)CC1. The van der Waals surface area contributed by atoms with E-state index >= 15 is 0 Å². The molecule has 1 saturated carbocycles. The number of carbonyl (C=O) groups excluding carboxylic acids is 1. The number of sulfonamides is 1. The molecule has 2 aromatic carbocycles. The van der Waals surface area contributed by atoms with Crippen LogP contribution in [0.25, 0.3) is 0 Å². The number of anilines is 1. The third kappa shape index (κ3) is 5.17. The number of ether oxygens (including phenoxy) is 1. The van der Waals surface area contributed by atoms with Crippen LogP contribution >= 0.6 is 0 Å². The summed E-state index contributed by atoms with van der Waals surface area (Å²) < 4.78 is 33.7. The molecule has 2 fully saturated rings. The highest BCUT2D eigenvalue weighted by Gasteiger charge is 2.30. The number of hydrogen-bond acceptors (Lipinski definition) is 5. The molecule has 0 unspecified atom stereocenters. The molecule has 0 spiro atoms. The Labute approximate surface area is 196 Å². The van der Waals surface area contributed by atoms with Gasteiger partial charge in [-0.25, -0.2) is 8.42 Å². The minimum Gasteiger partial charge on any atom is -0.495 e. The van der Waals surface area contributed by atoms with Crippen molar-refractivity contribution < 1.29 is 17.9 Å². The highest BCUT2D eigenvalue weighted by molar-refractivity contribution is 7.89. The zero-order valence-electron chi connectivity index (χ0n) is 19.4. The van der Waals surface area contributed by atoms with Crippen LogP contribution in [-0.2, 0) is 10.0 Å². The maximum absolute atomic E-state index is 13.4. The topological polar surface area (TPSA) is 79.0 Å². The van der Waals surface area contributed by atoms with E-state index in [0.29, 0.717) is 31.7 Å². The van der Waals surface area contributed by atoms with Crippen molar-refractivity contribution in [3.8, 4) is 5.75 Å². The summed E-state index contributed by atoms with van der Waals surface area (Å²) in [6.45, 7) is 3.73. The molecule has 33 heavy (non-hydrogen) atoms. The number of para-hydroxylation sites is 2. The highest BCUT2D eigenvalue weighted by atomic mass is 32.2. The molecule has 0 radical (unpaired) electrons. The van der Waals surface area contributed by atoms with Crippen LogP contribution in [0.1, 0.15) is 48.0 Å². The Morgan fingerprint density at radius 1 is 1.00 bits per heavy atom. The second-order valence-corrected chi connectivity index (χ2v) is 10.8. The van der Waals surface area contributed by atoms with E-state index in [0.717, 1.165) is 42.7 Å². The normalized spacial score (nSPS) is 18.2. The van der Waals surface area contributed by atoms with Gasteiger partial charge in [0.05, 0.1) is 17.7 Å². The van der Waals surface area contributed by atoms with Crippen molar-refractivity contribution in [1.29, 1.82) is 0 Å². The first-order valence-electron chi connectivity index (χ1n) is 11.7. The van der Waals surface area contributed by atoms with Crippen LogP contribution in [0.3, 0.4) is 0 Å². The smallest absolute Gasteiger partial charge is 0.251 e. The summed E-state index contributed by atoms with van der Waals surface area (Å²) in [4.78, 5) is 15.2. The third-order valence-electron chi connectivity index (χ3n) is 6.70. The van der Waals surface area contributed by atoms with E-state index in [1.165, 1.54) is 16.8 Å². The number of benzene rings is 2. The van der Waals surface area contributed by atoms with E-state index in [4.69, 9.17) is 4.74 Å². The average Bonchev–Trinajstić information content (AvgIpc) is 2.84. The van der Waals surface area contributed by atoms with Crippen molar-refractivity contribution in [1.82, 2.24) is 9.62 Å². The lowest BCUT2D eigenvalue weighted by atomic mass is 9.95. The average molecular weight is 472 g/mol. The maximum atomic E-state index is 13.4. The number of nitrogens with zero attached hydrogens (tertiary/aromatic N) is 2. The van der Waals surface area contributed by atoms with Gasteiger partial charge < -0.3 is 15.0 Å². The van der Waals surface area contributed by atoms with E-state index < -0.39 is 10.0 Å². The molecule has 7 nitrogen and oxygen atoms in total. The molecule has 8 heteroatoms. The summed E-state index contributed by atoms with van der Waals surface area (Å²) in [7, 11) is -2.06. The zero-order chi connectivity index (χ0) is 23.4. The largest absolute Gasteiger partial charge is 0.495 e. The van der Waals surface area contributed by atoms with Gasteiger partial charge in [-0.2, -0.15) is 4.31 Å². The van der Waals surface area contributed by atoms with Gasteiger partial charge >= 0.3 is 0 Å². The van der Waals surface area contributed by atoms with Crippen LogP contribution in [-0.4, -0.2) is 58.0 Å². The van der Waals surface area contributed by atoms with Gasteiger partial charge in [0.15, 0.2) is 0 Å². The van der Waals surface area contributed by atoms with Crippen molar-refractivity contribution in [3.63, 3.8) is 0 Å². The minimum atomic E-state index is -3.69. The molecular weight excluding hydrogens is 438 g/mol. The third-order valence-corrected chi connectivity index (χ3v) is 8.59. The lowest BCUT2D eigenvalue weighted by Gasteiger charge is -2.36. The van der Waals surface area contributed by atoms with Gasteiger partial charge in [0.1, 0.15) is 5.75 Å². The molecule has 0 atom stereocenters. The molecule has 2 aliphatic rings. The first kappa shape index (κ1) is 23.6. The Bertz CT molecular complexity index is 1090. The Morgan fingerprint density at radius 3 is 2.39 bits per heavy atom. The quantitative estimate of drug-likeness (QED) is 0.697. The molecule has 4 rings (SSSR count). The Balaban J connectivity index is 1.47. The molecule has 1 N–H and O–H groups in total. The van der Waals surface area contributed by atoms with Gasteiger partial charge in [0.25, 0.3) is 5.91 Å². The molecule has 1 aliphatic heterocycles. The van der Waals surface area contributed by atoms with Gasteiger partial charge in [-0.1, -0.05) is 37.5 Å². The predicted octanol–water partition coefficient (Wildman–Crippen LogP) is 3.58. The summed E-state index contributed by atoms with van der Waals surface area (Å²) in [5, 5.41) is 3.10. The molecule has 2 aromatic rings. The molecule has 1 aliphatic carbocycles. The van der Waals surface area contributed by atoms with Crippen molar-refractivity contribution in [2.24, 2.45) is 0 Å². The zero-order valence-corrected chi connectivity index (χ0v) is 20.2. The van der Waals surface area contributed by atoms with E-state index in [1.807, 2.05) is 31.2 Å². The highest BCUT2D eigenvalue weighted by Crippen LogP contribution is 2.29. The van der Waals surface area contributed by atoms with Crippen molar-refractivity contribution in [2.75, 3.05) is 38.2 Å². The summed E-state index contributed by atoms with van der Waals surface area (Å²) in [5.74, 6) is 0.596. The maximum Gasteiger partial charge on any atom is 0.251 e. The van der Waals surface area contributed by atoms with Gasteiger partial charge in [0.2, 0.25) is 10.0 Å². The number of amides is 1. The molecule has 1 amide bonds. The lowest BCUT2D eigenvalue weighted by molar-refractivity contribution is 0.0927. The molecule has 178 valence electrons. The number of rotatable bonds is 6. The van der Waals surface area contributed by atoms with Gasteiger partial charge in [-0.3, -0.25) is 4.79 Å². The number of nitrogens with one attached hydrogen (secondary N) is 1. The fourth-order valence-corrected chi connectivity index (χ4v) is 6.17. The molecule has 1 saturated heterocycles. The summed E-state index contributed by atoms with van der Waals surface area (Å²) in [5.41, 5.74) is 2.19. The standard InChI is InChI=1S/C25H33N3O4S/c1-19-12-13-21(18-22(19)25(29)26-20-8-4-3-5-9-20)33(30,31)28-16-14-27(15-17-28)23-10-6-7-11-24(23)32-2/h6-7,10-13,18,20H,3-5,8-9,14-17H2,1-2H3,(H,26,29).